The van der Waals surface area contributed by atoms with Crippen LogP contribution in [0.4, 0.5) is 0 Å². The second kappa shape index (κ2) is 9.42. The zero-order valence-corrected chi connectivity index (χ0v) is 19.6. The van der Waals surface area contributed by atoms with Crippen molar-refractivity contribution in [2.24, 2.45) is 0 Å². The fraction of sp³-hybridized carbons (Fsp3) is 0.333. The van der Waals surface area contributed by atoms with Crippen LogP contribution < -0.4 is 5.56 Å². The van der Waals surface area contributed by atoms with Crippen molar-refractivity contribution in [3.05, 3.63) is 74.9 Å². The number of aromatic nitrogens is 2. The molecule has 1 N–H and O–H groups in total. The van der Waals surface area contributed by atoms with Gasteiger partial charge in [0.1, 0.15) is 5.01 Å². The minimum Gasteiger partial charge on any atom is -0.321 e. The smallest absolute Gasteiger partial charge is 0.257 e. The lowest BCUT2D eigenvalue weighted by Crippen LogP contribution is -2.25. The Balaban J connectivity index is 1.55. The summed E-state index contributed by atoms with van der Waals surface area (Å²) < 4.78 is 12.6. The summed E-state index contributed by atoms with van der Waals surface area (Å²) in [5.74, 6) is 0.408. The zero-order chi connectivity index (χ0) is 22.0. The van der Waals surface area contributed by atoms with Crippen LogP contribution in [-0.2, 0) is 23.1 Å². The van der Waals surface area contributed by atoms with E-state index in [4.69, 9.17) is 0 Å². The average molecular weight is 454 g/mol. The van der Waals surface area contributed by atoms with Crippen LogP contribution >= 0.6 is 11.3 Å². The highest BCUT2D eigenvalue weighted by Gasteiger charge is 2.17. The Bertz CT molecular complexity index is 1220. The highest BCUT2D eigenvalue weighted by atomic mass is 32.2. The SMILES string of the molecule is CC(C)N(C)Cc1ccc2cc(-c3csc(CS(=O)C4C=CC=CC4)n3)c(=O)[nH]c2c1. The van der Waals surface area contributed by atoms with Crippen LogP contribution in [0, 0.1) is 0 Å². The van der Waals surface area contributed by atoms with Gasteiger partial charge in [-0.15, -0.1) is 11.3 Å². The highest BCUT2D eigenvalue weighted by molar-refractivity contribution is 7.85. The first-order chi connectivity index (χ1) is 14.9. The van der Waals surface area contributed by atoms with E-state index in [9.17, 15) is 9.00 Å². The molecule has 0 aliphatic heterocycles. The number of hydrogen-bond donors (Lipinski definition) is 1. The van der Waals surface area contributed by atoms with Gasteiger partial charge in [0.2, 0.25) is 0 Å². The lowest BCUT2D eigenvalue weighted by molar-refractivity contribution is 0.266. The third kappa shape index (κ3) is 5.11. The molecule has 7 heteroatoms. The summed E-state index contributed by atoms with van der Waals surface area (Å²) in [7, 11) is 1.07. The molecule has 31 heavy (non-hydrogen) atoms. The average Bonchev–Trinajstić information content (AvgIpc) is 3.21. The maximum absolute atomic E-state index is 12.8. The molecule has 1 aromatic carbocycles. The Morgan fingerprint density at radius 2 is 2.13 bits per heavy atom. The molecule has 4 rings (SSSR count). The normalized spacial score (nSPS) is 17.1. The number of H-pyrrole nitrogens is 1. The van der Waals surface area contributed by atoms with Crippen LogP contribution in [0.15, 0.2) is 58.7 Å². The minimum absolute atomic E-state index is 0.0327. The Hall–Kier alpha value is -2.35. The van der Waals surface area contributed by atoms with Gasteiger partial charge in [0.15, 0.2) is 0 Å². The molecule has 2 heterocycles. The third-order valence-corrected chi connectivity index (χ3v) is 8.21. The monoisotopic (exact) mass is 453 g/mol. The van der Waals surface area contributed by atoms with E-state index in [-0.39, 0.29) is 10.8 Å². The molecule has 0 saturated heterocycles. The van der Waals surface area contributed by atoms with Crippen LogP contribution in [0.5, 0.6) is 0 Å². The fourth-order valence-electron chi connectivity index (χ4n) is 3.49. The number of nitrogens with zero attached hydrogens (tertiary/aromatic N) is 2. The predicted molar refractivity (Wildman–Crippen MR) is 131 cm³/mol. The van der Waals surface area contributed by atoms with Gasteiger partial charge in [-0.25, -0.2) is 4.98 Å². The van der Waals surface area contributed by atoms with E-state index >= 15 is 0 Å². The number of nitrogens with one attached hydrogen (secondary N) is 1. The standard InChI is InChI=1S/C24H27N3O2S2/c1-16(2)27(3)13-17-9-10-18-12-20(24(28)26-21(18)11-17)22-14-30-23(25-22)15-31(29)19-7-5-4-6-8-19/h4-7,9-12,14,16,19H,8,13,15H2,1-3H3,(H,26,28). The Kier molecular flexibility index (Phi) is 6.65. The molecular formula is C24H27N3O2S2. The van der Waals surface area contributed by atoms with Crippen molar-refractivity contribution < 1.29 is 4.21 Å². The van der Waals surface area contributed by atoms with Crippen molar-refractivity contribution in [2.45, 2.75) is 43.9 Å². The highest BCUT2D eigenvalue weighted by Crippen LogP contribution is 2.24. The number of hydrogen-bond acceptors (Lipinski definition) is 5. The summed E-state index contributed by atoms with van der Waals surface area (Å²) in [6, 6.07) is 8.54. The molecule has 2 atom stereocenters. The molecule has 5 nitrogen and oxygen atoms in total. The maximum atomic E-state index is 12.8. The number of rotatable bonds is 7. The van der Waals surface area contributed by atoms with E-state index in [1.54, 1.807) is 0 Å². The second-order valence-electron chi connectivity index (χ2n) is 8.18. The van der Waals surface area contributed by atoms with Crippen molar-refractivity contribution in [1.82, 2.24) is 14.9 Å². The number of allylic oxidation sites excluding steroid dienone is 3. The van der Waals surface area contributed by atoms with E-state index in [1.807, 2.05) is 47.9 Å². The number of benzene rings is 1. The molecule has 162 valence electrons. The first-order valence-corrected chi connectivity index (χ1v) is 12.7. The van der Waals surface area contributed by atoms with Gasteiger partial charge in [0.05, 0.1) is 22.3 Å². The van der Waals surface area contributed by atoms with Gasteiger partial charge >= 0.3 is 0 Å². The van der Waals surface area contributed by atoms with Crippen molar-refractivity contribution in [3.63, 3.8) is 0 Å². The van der Waals surface area contributed by atoms with Crippen molar-refractivity contribution in [1.29, 1.82) is 0 Å². The van der Waals surface area contributed by atoms with Gasteiger partial charge in [-0.05, 0) is 50.4 Å². The maximum Gasteiger partial charge on any atom is 0.257 e. The van der Waals surface area contributed by atoms with Gasteiger partial charge in [0.25, 0.3) is 5.56 Å². The van der Waals surface area contributed by atoms with E-state index in [0.29, 0.717) is 23.1 Å². The lowest BCUT2D eigenvalue weighted by Gasteiger charge is -2.21. The number of pyridine rings is 1. The number of thiazole rings is 1. The summed E-state index contributed by atoms with van der Waals surface area (Å²) in [6.07, 6.45) is 8.75. The molecule has 0 fully saturated rings. The van der Waals surface area contributed by atoms with Gasteiger partial charge in [-0.1, -0.05) is 36.4 Å². The van der Waals surface area contributed by atoms with Gasteiger partial charge in [-0.3, -0.25) is 13.9 Å². The third-order valence-electron chi connectivity index (χ3n) is 5.60. The Labute approximate surface area is 189 Å². The number of fused-ring (bicyclic) bond motifs is 1. The van der Waals surface area contributed by atoms with Crippen LogP contribution in [-0.4, -0.2) is 37.4 Å². The summed E-state index contributed by atoms with van der Waals surface area (Å²) in [4.78, 5) is 22.7. The Morgan fingerprint density at radius 3 is 2.87 bits per heavy atom. The Morgan fingerprint density at radius 1 is 1.29 bits per heavy atom. The lowest BCUT2D eigenvalue weighted by atomic mass is 10.1. The minimum atomic E-state index is -1.02. The van der Waals surface area contributed by atoms with Crippen LogP contribution in [0.25, 0.3) is 22.2 Å². The summed E-state index contributed by atoms with van der Waals surface area (Å²) in [5, 5.41) is 3.68. The van der Waals surface area contributed by atoms with Crippen LogP contribution in [0.2, 0.25) is 0 Å². The molecule has 1 aliphatic carbocycles. The van der Waals surface area contributed by atoms with E-state index in [1.165, 1.54) is 11.3 Å². The quantitative estimate of drug-likeness (QED) is 0.567. The van der Waals surface area contributed by atoms with E-state index < -0.39 is 10.8 Å². The molecule has 1 aliphatic rings. The molecular weight excluding hydrogens is 426 g/mol. The van der Waals surface area contributed by atoms with Crippen molar-refractivity contribution in [2.75, 3.05) is 7.05 Å². The van der Waals surface area contributed by atoms with Gasteiger partial charge in [-0.2, -0.15) is 0 Å². The van der Waals surface area contributed by atoms with Crippen molar-refractivity contribution >= 4 is 33.0 Å². The van der Waals surface area contributed by atoms with E-state index in [2.05, 4.69) is 41.8 Å². The summed E-state index contributed by atoms with van der Waals surface area (Å²) in [6.45, 7) is 5.15. The summed E-state index contributed by atoms with van der Waals surface area (Å²) >= 11 is 1.46. The van der Waals surface area contributed by atoms with Gasteiger partial charge in [0, 0.05) is 34.3 Å². The van der Waals surface area contributed by atoms with Crippen molar-refractivity contribution in [3.8, 4) is 11.3 Å². The molecule has 3 aromatic rings. The molecule has 0 radical (unpaired) electrons. The molecule has 0 saturated carbocycles. The van der Waals surface area contributed by atoms with Gasteiger partial charge < -0.3 is 4.98 Å². The summed E-state index contributed by atoms with van der Waals surface area (Å²) in [5.41, 5.74) is 3.03. The molecule has 0 spiro atoms. The number of aromatic amines is 1. The first kappa shape index (κ1) is 21.9. The topological polar surface area (TPSA) is 66.1 Å². The zero-order valence-electron chi connectivity index (χ0n) is 18.0. The fourth-order valence-corrected chi connectivity index (χ4v) is 5.80. The second-order valence-corrected chi connectivity index (χ2v) is 10.8. The molecule has 0 amide bonds. The van der Waals surface area contributed by atoms with E-state index in [0.717, 1.165) is 34.4 Å². The van der Waals surface area contributed by atoms with Crippen LogP contribution in [0.3, 0.4) is 0 Å². The predicted octanol–water partition coefficient (Wildman–Crippen LogP) is 4.63. The first-order valence-electron chi connectivity index (χ1n) is 10.4. The largest absolute Gasteiger partial charge is 0.321 e. The van der Waals surface area contributed by atoms with Crippen LogP contribution in [0.1, 0.15) is 30.8 Å². The molecule has 2 aromatic heterocycles. The molecule has 2 unspecified atom stereocenters. The molecule has 0 bridgehead atoms.